The van der Waals surface area contributed by atoms with Crippen LogP contribution in [0.5, 0.6) is 0 Å². The predicted octanol–water partition coefficient (Wildman–Crippen LogP) is 1.13. The van der Waals surface area contributed by atoms with Crippen LogP contribution in [-0.2, 0) is 9.53 Å². The maximum absolute atomic E-state index is 13.4. The molecule has 0 fully saturated rings. The molecule has 1 amide bonds. The fourth-order valence-corrected chi connectivity index (χ4v) is 2.03. The molecule has 6 heteroatoms. The third-order valence-corrected chi connectivity index (χ3v) is 3.20. The first-order valence-corrected chi connectivity index (χ1v) is 7.09. The summed E-state index contributed by atoms with van der Waals surface area (Å²) in [7, 11) is 1.58. The summed E-state index contributed by atoms with van der Waals surface area (Å²) in [6.45, 7) is 3.82. The summed E-state index contributed by atoms with van der Waals surface area (Å²) < 4.78 is 18.3. The molecular weight excluding hydrogens is 273 g/mol. The topological polar surface area (TPSA) is 67.6 Å². The van der Waals surface area contributed by atoms with Crippen molar-refractivity contribution < 1.29 is 13.9 Å². The van der Waals surface area contributed by atoms with E-state index in [1.165, 1.54) is 12.1 Å². The first kappa shape index (κ1) is 17.4. The van der Waals surface area contributed by atoms with Crippen LogP contribution in [-0.4, -0.2) is 45.3 Å². The van der Waals surface area contributed by atoms with Gasteiger partial charge in [-0.15, -0.1) is 0 Å². The molecule has 0 heterocycles. The summed E-state index contributed by atoms with van der Waals surface area (Å²) in [6, 6.07) is 5.83. The summed E-state index contributed by atoms with van der Waals surface area (Å²) in [5, 5.41) is 2.79. The van der Waals surface area contributed by atoms with Gasteiger partial charge in [-0.1, -0.05) is 6.07 Å². The van der Waals surface area contributed by atoms with E-state index in [1.807, 2.05) is 4.90 Å². The lowest BCUT2D eigenvalue weighted by Gasteiger charge is -2.30. The normalized spacial score (nSPS) is 12.0. The van der Waals surface area contributed by atoms with Gasteiger partial charge >= 0.3 is 0 Å². The van der Waals surface area contributed by atoms with Crippen molar-refractivity contribution >= 4 is 11.6 Å². The van der Waals surface area contributed by atoms with Crippen molar-refractivity contribution in [1.82, 2.24) is 5.32 Å². The summed E-state index contributed by atoms with van der Waals surface area (Å²) in [6.07, 6.45) is 0.728. The van der Waals surface area contributed by atoms with Gasteiger partial charge < -0.3 is 20.7 Å². The van der Waals surface area contributed by atoms with Crippen LogP contribution in [0.4, 0.5) is 10.1 Å². The Labute approximate surface area is 125 Å². The molecule has 0 aliphatic carbocycles. The molecule has 1 atom stereocenters. The van der Waals surface area contributed by atoms with Crippen molar-refractivity contribution in [3.8, 4) is 0 Å². The highest BCUT2D eigenvalue weighted by Gasteiger charge is 2.21. The van der Waals surface area contributed by atoms with Crippen molar-refractivity contribution in [3.63, 3.8) is 0 Å². The highest BCUT2D eigenvalue weighted by molar-refractivity contribution is 5.84. The van der Waals surface area contributed by atoms with Gasteiger partial charge in [0.05, 0.1) is 6.61 Å². The number of anilines is 1. The number of hydrogen-bond donors (Lipinski definition) is 2. The van der Waals surface area contributed by atoms with Crippen LogP contribution < -0.4 is 16.0 Å². The minimum atomic E-state index is -0.407. The number of benzene rings is 1. The molecule has 0 saturated carbocycles. The number of halogens is 1. The SMILES string of the molecule is COCCNC(=O)C(C)N(CCCN)c1cccc(F)c1. The van der Waals surface area contributed by atoms with E-state index < -0.39 is 6.04 Å². The van der Waals surface area contributed by atoms with Crippen LogP contribution in [0, 0.1) is 5.82 Å². The van der Waals surface area contributed by atoms with E-state index in [0.717, 1.165) is 6.42 Å². The molecular formula is C15H24FN3O2. The first-order valence-electron chi connectivity index (χ1n) is 7.09. The molecule has 0 aliphatic heterocycles. The van der Waals surface area contributed by atoms with Gasteiger partial charge in [0, 0.05) is 25.9 Å². The van der Waals surface area contributed by atoms with E-state index in [1.54, 1.807) is 26.2 Å². The minimum absolute atomic E-state index is 0.117. The molecule has 0 aliphatic rings. The molecule has 118 valence electrons. The molecule has 1 unspecified atom stereocenters. The van der Waals surface area contributed by atoms with Crippen molar-refractivity contribution in [3.05, 3.63) is 30.1 Å². The zero-order valence-electron chi connectivity index (χ0n) is 12.6. The Hall–Kier alpha value is -1.66. The quantitative estimate of drug-likeness (QED) is 0.671. The second-order valence-corrected chi connectivity index (χ2v) is 4.78. The number of nitrogens with two attached hydrogens (primary N) is 1. The Kier molecular flexibility index (Phi) is 7.71. The zero-order chi connectivity index (χ0) is 15.7. The number of hydrogen-bond acceptors (Lipinski definition) is 4. The molecule has 0 aromatic heterocycles. The van der Waals surface area contributed by atoms with Gasteiger partial charge in [-0.2, -0.15) is 0 Å². The highest BCUT2D eigenvalue weighted by atomic mass is 19.1. The van der Waals surface area contributed by atoms with Gasteiger partial charge in [-0.3, -0.25) is 4.79 Å². The number of nitrogens with zero attached hydrogens (tertiary/aromatic N) is 1. The van der Waals surface area contributed by atoms with Gasteiger partial charge in [0.15, 0.2) is 0 Å². The molecule has 1 aromatic rings. The Morgan fingerprint density at radius 3 is 2.90 bits per heavy atom. The molecule has 0 bridgehead atoms. The van der Waals surface area contributed by atoms with Crippen LogP contribution in [0.1, 0.15) is 13.3 Å². The van der Waals surface area contributed by atoms with Gasteiger partial charge in [0.25, 0.3) is 0 Å². The fraction of sp³-hybridized carbons (Fsp3) is 0.533. The average molecular weight is 297 g/mol. The maximum atomic E-state index is 13.4. The van der Waals surface area contributed by atoms with Gasteiger partial charge in [-0.25, -0.2) is 4.39 Å². The Balaban J connectivity index is 2.78. The lowest BCUT2D eigenvalue weighted by Crippen LogP contribution is -2.46. The highest BCUT2D eigenvalue weighted by Crippen LogP contribution is 2.18. The molecule has 3 N–H and O–H groups in total. The van der Waals surface area contributed by atoms with E-state index >= 15 is 0 Å². The van der Waals surface area contributed by atoms with Crippen molar-refractivity contribution in [1.29, 1.82) is 0 Å². The van der Waals surface area contributed by atoms with Crippen LogP contribution in [0.3, 0.4) is 0 Å². The first-order chi connectivity index (χ1) is 10.1. The zero-order valence-corrected chi connectivity index (χ0v) is 12.6. The number of carbonyl (C=O) groups excluding carboxylic acids is 1. The predicted molar refractivity (Wildman–Crippen MR) is 81.8 cm³/mol. The number of amides is 1. The summed E-state index contributed by atoms with van der Waals surface area (Å²) in [5.41, 5.74) is 6.22. The number of rotatable bonds is 9. The van der Waals surface area contributed by atoms with E-state index in [-0.39, 0.29) is 11.7 Å². The molecule has 0 spiro atoms. The van der Waals surface area contributed by atoms with Crippen LogP contribution in [0.15, 0.2) is 24.3 Å². The van der Waals surface area contributed by atoms with Gasteiger partial charge in [0.2, 0.25) is 5.91 Å². The maximum Gasteiger partial charge on any atom is 0.242 e. The molecule has 1 aromatic carbocycles. The van der Waals surface area contributed by atoms with Crippen molar-refractivity contribution in [2.45, 2.75) is 19.4 Å². The second kappa shape index (κ2) is 9.31. The third kappa shape index (κ3) is 5.69. The molecule has 0 radical (unpaired) electrons. The number of methoxy groups -OCH3 is 1. The van der Waals surface area contributed by atoms with Gasteiger partial charge in [0.1, 0.15) is 11.9 Å². The third-order valence-electron chi connectivity index (χ3n) is 3.20. The van der Waals surface area contributed by atoms with Crippen LogP contribution >= 0.6 is 0 Å². The molecule has 5 nitrogen and oxygen atoms in total. The second-order valence-electron chi connectivity index (χ2n) is 4.78. The smallest absolute Gasteiger partial charge is 0.242 e. The standard InChI is InChI=1S/C15H24FN3O2/c1-12(15(20)18-8-10-21-2)19(9-4-7-17)14-6-3-5-13(16)11-14/h3,5-6,11-12H,4,7-10,17H2,1-2H3,(H,18,20). The lowest BCUT2D eigenvalue weighted by atomic mass is 10.2. The fourth-order valence-electron chi connectivity index (χ4n) is 2.03. The average Bonchev–Trinajstić information content (AvgIpc) is 2.47. The van der Waals surface area contributed by atoms with Crippen molar-refractivity contribution in [2.75, 3.05) is 38.3 Å². The lowest BCUT2D eigenvalue weighted by molar-refractivity contribution is -0.122. The summed E-state index contributed by atoms with van der Waals surface area (Å²) in [4.78, 5) is 14.0. The van der Waals surface area contributed by atoms with Crippen molar-refractivity contribution in [2.24, 2.45) is 5.73 Å². The Morgan fingerprint density at radius 2 is 2.29 bits per heavy atom. The molecule has 21 heavy (non-hydrogen) atoms. The summed E-state index contributed by atoms with van der Waals surface area (Å²) in [5.74, 6) is -0.439. The van der Waals surface area contributed by atoms with Crippen LogP contribution in [0.2, 0.25) is 0 Å². The minimum Gasteiger partial charge on any atom is -0.383 e. The number of ether oxygens (including phenoxy) is 1. The van der Waals surface area contributed by atoms with E-state index in [2.05, 4.69) is 5.32 Å². The van der Waals surface area contributed by atoms with E-state index in [4.69, 9.17) is 10.5 Å². The summed E-state index contributed by atoms with van der Waals surface area (Å²) >= 11 is 0. The van der Waals surface area contributed by atoms with E-state index in [0.29, 0.717) is 31.9 Å². The van der Waals surface area contributed by atoms with Gasteiger partial charge in [-0.05, 0) is 38.1 Å². The Bertz CT molecular complexity index is 443. The number of nitrogens with one attached hydrogen (secondary N) is 1. The van der Waals surface area contributed by atoms with E-state index in [9.17, 15) is 9.18 Å². The monoisotopic (exact) mass is 297 g/mol. The number of carbonyl (C=O) groups is 1. The Morgan fingerprint density at radius 1 is 1.52 bits per heavy atom. The molecule has 0 saturated heterocycles. The molecule has 1 rings (SSSR count). The van der Waals surface area contributed by atoms with Crippen LogP contribution in [0.25, 0.3) is 0 Å². The largest absolute Gasteiger partial charge is 0.383 e.